The average Bonchev–Trinajstić information content (AvgIpc) is 1.98. The summed E-state index contributed by atoms with van der Waals surface area (Å²) >= 11 is 0. The Kier molecular flexibility index (Phi) is 2.22. The summed E-state index contributed by atoms with van der Waals surface area (Å²) < 4.78 is 0. The summed E-state index contributed by atoms with van der Waals surface area (Å²) in [6.07, 6.45) is 8.09. The van der Waals surface area contributed by atoms with Gasteiger partial charge in [0.15, 0.2) is 0 Å². The molecular weight excluding hydrogens is 132 g/mol. The maximum Gasteiger partial charge on any atom is -0.00675 e. The molecule has 0 N–H and O–H groups in total. The number of allylic oxidation sites excluding steroid dienone is 4. The summed E-state index contributed by atoms with van der Waals surface area (Å²) in [5, 5.41) is 0. The highest BCUT2D eigenvalue weighted by atomic mass is 14.3. The summed E-state index contributed by atoms with van der Waals surface area (Å²) in [4.78, 5) is 0. The normalized spacial score (nSPS) is 31.3. The van der Waals surface area contributed by atoms with Crippen LogP contribution in [-0.4, -0.2) is 0 Å². The monoisotopic (exact) mass is 149 g/mol. The van der Waals surface area contributed by atoms with E-state index in [9.17, 15) is 0 Å². The molecule has 0 heteroatoms. The highest BCUT2D eigenvalue weighted by molar-refractivity contribution is 5.37. The minimum atomic E-state index is 0.309. The third-order valence-corrected chi connectivity index (χ3v) is 2.64. The van der Waals surface area contributed by atoms with E-state index in [-0.39, 0.29) is 0 Å². The van der Waals surface area contributed by atoms with Crippen LogP contribution in [0.25, 0.3) is 0 Å². The van der Waals surface area contributed by atoms with Crippen LogP contribution in [-0.2, 0) is 0 Å². The van der Waals surface area contributed by atoms with Gasteiger partial charge in [0.1, 0.15) is 0 Å². The maximum atomic E-state index is 2.36. The first-order valence-electron chi connectivity index (χ1n) is 4.30. The van der Waals surface area contributed by atoms with Crippen molar-refractivity contribution in [3.63, 3.8) is 0 Å². The van der Waals surface area contributed by atoms with Crippen LogP contribution in [0, 0.1) is 11.8 Å². The highest BCUT2D eigenvalue weighted by Crippen LogP contribution is 2.34. The zero-order valence-corrected chi connectivity index (χ0v) is 7.94. The second kappa shape index (κ2) is 2.84. The summed E-state index contributed by atoms with van der Waals surface area (Å²) in [5.41, 5.74) is 3.14. The first-order valence-corrected chi connectivity index (χ1v) is 4.30. The van der Waals surface area contributed by atoms with Crippen molar-refractivity contribution in [2.75, 3.05) is 0 Å². The molecule has 1 atom stereocenters. The van der Waals surface area contributed by atoms with Crippen molar-refractivity contribution in [3.8, 4) is 0 Å². The first kappa shape index (κ1) is 8.58. The zero-order valence-electron chi connectivity index (χ0n) is 7.94. The van der Waals surface area contributed by atoms with Crippen molar-refractivity contribution in [1.82, 2.24) is 0 Å². The fraction of sp³-hybridized carbons (Fsp3) is 0.545. The predicted molar refractivity (Wildman–Crippen MR) is 50.2 cm³/mol. The van der Waals surface area contributed by atoms with Gasteiger partial charge in [-0.15, -0.1) is 0 Å². The molecule has 0 saturated carbocycles. The van der Waals surface area contributed by atoms with Gasteiger partial charge in [-0.2, -0.15) is 0 Å². The van der Waals surface area contributed by atoms with E-state index in [4.69, 9.17) is 0 Å². The topological polar surface area (TPSA) is 0 Å². The van der Waals surface area contributed by atoms with E-state index in [0.717, 1.165) is 0 Å². The molecule has 0 aromatic rings. The maximum absolute atomic E-state index is 2.36. The molecule has 0 spiro atoms. The lowest BCUT2D eigenvalue weighted by molar-refractivity contribution is 0.491. The fourth-order valence-corrected chi connectivity index (χ4v) is 1.32. The van der Waals surface area contributed by atoms with Crippen LogP contribution in [0.2, 0.25) is 0 Å². The molecule has 0 nitrogen and oxygen atoms in total. The molecule has 1 unspecified atom stereocenters. The van der Waals surface area contributed by atoms with Crippen molar-refractivity contribution in [1.29, 1.82) is 0 Å². The van der Waals surface area contributed by atoms with Gasteiger partial charge in [0.2, 0.25) is 0 Å². The minimum Gasteiger partial charge on any atom is -0.0768 e. The minimum absolute atomic E-state index is 0.309. The molecule has 0 bridgehead atoms. The molecule has 0 aromatic carbocycles. The predicted octanol–water partition coefficient (Wildman–Crippen LogP) is 3.51. The van der Waals surface area contributed by atoms with Crippen molar-refractivity contribution in [2.45, 2.75) is 34.1 Å². The van der Waals surface area contributed by atoms with Gasteiger partial charge in [-0.05, 0) is 32.1 Å². The molecule has 1 radical (unpaired) electrons. The van der Waals surface area contributed by atoms with Gasteiger partial charge < -0.3 is 0 Å². The molecular formula is C11H17. The van der Waals surface area contributed by atoms with E-state index in [0.29, 0.717) is 5.41 Å². The molecule has 11 heavy (non-hydrogen) atoms. The van der Waals surface area contributed by atoms with Crippen LogP contribution in [0.4, 0.5) is 0 Å². The van der Waals surface area contributed by atoms with Crippen LogP contribution < -0.4 is 0 Å². The zero-order chi connectivity index (χ0) is 8.48. The van der Waals surface area contributed by atoms with Crippen LogP contribution >= 0.6 is 0 Å². The SMILES string of the molecule is CCC1(C)[CH]C=C(C)C(C)=C1. The molecule has 1 aliphatic carbocycles. The van der Waals surface area contributed by atoms with Crippen molar-refractivity contribution < 1.29 is 0 Å². The largest absolute Gasteiger partial charge is 0.0768 e. The van der Waals surface area contributed by atoms with E-state index in [1.165, 1.54) is 17.6 Å². The van der Waals surface area contributed by atoms with Crippen molar-refractivity contribution in [3.05, 3.63) is 29.7 Å². The standard InChI is InChI=1S/C11H17/c1-5-11(4)7-6-9(2)10(3)8-11/h6-8H,5H2,1-4H3. The Morgan fingerprint density at radius 3 is 2.36 bits per heavy atom. The number of hydrogen-bond donors (Lipinski definition) is 0. The molecule has 61 valence electrons. The van der Waals surface area contributed by atoms with Crippen LogP contribution in [0.1, 0.15) is 34.1 Å². The van der Waals surface area contributed by atoms with Crippen molar-refractivity contribution >= 4 is 0 Å². The Morgan fingerprint density at radius 1 is 1.27 bits per heavy atom. The highest BCUT2D eigenvalue weighted by Gasteiger charge is 2.21. The van der Waals surface area contributed by atoms with Gasteiger partial charge in [0.25, 0.3) is 0 Å². The first-order chi connectivity index (χ1) is 5.07. The Balaban J connectivity index is 2.84. The van der Waals surface area contributed by atoms with Gasteiger partial charge in [0, 0.05) is 0 Å². The van der Waals surface area contributed by atoms with Crippen molar-refractivity contribution in [2.24, 2.45) is 5.41 Å². The molecule has 0 saturated heterocycles. The molecule has 1 aliphatic rings. The average molecular weight is 149 g/mol. The second-order valence-electron chi connectivity index (χ2n) is 3.70. The van der Waals surface area contributed by atoms with Gasteiger partial charge in [-0.25, -0.2) is 0 Å². The Morgan fingerprint density at radius 2 is 1.91 bits per heavy atom. The second-order valence-corrected chi connectivity index (χ2v) is 3.70. The summed E-state index contributed by atoms with van der Waals surface area (Å²) in [5.74, 6) is 0. The third kappa shape index (κ3) is 1.74. The lowest BCUT2D eigenvalue weighted by Gasteiger charge is -2.27. The number of hydrogen-bond acceptors (Lipinski definition) is 0. The Bertz CT molecular complexity index is 208. The van der Waals surface area contributed by atoms with E-state index in [1.807, 2.05) is 0 Å². The third-order valence-electron chi connectivity index (χ3n) is 2.64. The molecule has 0 heterocycles. The lowest BCUT2D eigenvalue weighted by Crippen LogP contribution is -2.15. The van der Waals surface area contributed by atoms with Crippen LogP contribution in [0.3, 0.4) is 0 Å². The van der Waals surface area contributed by atoms with E-state index in [1.54, 1.807) is 0 Å². The fourth-order valence-electron chi connectivity index (χ4n) is 1.32. The smallest absolute Gasteiger partial charge is 0.00675 e. The Labute approximate surface area is 70.0 Å². The molecule has 0 aromatic heterocycles. The summed E-state index contributed by atoms with van der Waals surface area (Å²) in [6.45, 7) is 8.86. The lowest BCUT2D eigenvalue weighted by atomic mass is 9.77. The summed E-state index contributed by atoms with van der Waals surface area (Å²) in [6, 6.07) is 0. The quantitative estimate of drug-likeness (QED) is 0.535. The van der Waals surface area contributed by atoms with Gasteiger partial charge >= 0.3 is 0 Å². The molecule has 0 amide bonds. The van der Waals surface area contributed by atoms with Gasteiger partial charge in [-0.3, -0.25) is 0 Å². The number of rotatable bonds is 1. The molecule has 0 fully saturated rings. The van der Waals surface area contributed by atoms with Crippen LogP contribution in [0.5, 0.6) is 0 Å². The Hall–Kier alpha value is -0.520. The van der Waals surface area contributed by atoms with Gasteiger partial charge in [0.05, 0.1) is 0 Å². The van der Waals surface area contributed by atoms with Crippen LogP contribution in [0.15, 0.2) is 23.3 Å². The van der Waals surface area contributed by atoms with Gasteiger partial charge in [-0.1, -0.05) is 37.1 Å². The molecule has 0 aliphatic heterocycles. The molecule has 1 rings (SSSR count). The van der Waals surface area contributed by atoms with E-state index < -0.39 is 0 Å². The summed E-state index contributed by atoms with van der Waals surface area (Å²) in [7, 11) is 0. The van der Waals surface area contributed by atoms with E-state index >= 15 is 0 Å². The van der Waals surface area contributed by atoms with E-state index in [2.05, 4.69) is 46.3 Å².